The number of aliphatic hydroxyl groups is 1. The van der Waals surface area contributed by atoms with Crippen molar-refractivity contribution in [2.75, 3.05) is 0 Å². The lowest BCUT2D eigenvalue weighted by Crippen LogP contribution is -2.23. The van der Waals surface area contributed by atoms with E-state index in [1.54, 1.807) is 12.1 Å². The van der Waals surface area contributed by atoms with Crippen LogP contribution in [0, 0.1) is 6.92 Å². The molecule has 5 nitrogen and oxygen atoms in total. The van der Waals surface area contributed by atoms with Gasteiger partial charge in [-0.25, -0.2) is 4.98 Å². The Bertz CT molecular complexity index is 868. The first-order valence-corrected chi connectivity index (χ1v) is 7.49. The molecule has 1 amide bonds. The standard InChI is InChI=1S/C18H19N3O2/c1-12-20-16-9-13(7-8-17(16)21(12)2)18(23)19-10-14-5-3-4-6-15(14)11-22/h3-9,22H,10-11H2,1-2H3,(H,19,23). The number of imidazole rings is 1. The first kappa shape index (κ1) is 15.2. The lowest BCUT2D eigenvalue weighted by Gasteiger charge is -2.09. The van der Waals surface area contributed by atoms with Crippen molar-refractivity contribution in [3.8, 4) is 0 Å². The molecule has 5 heteroatoms. The van der Waals surface area contributed by atoms with Crippen molar-refractivity contribution in [2.24, 2.45) is 7.05 Å². The van der Waals surface area contributed by atoms with Gasteiger partial charge in [0, 0.05) is 19.2 Å². The number of hydrogen-bond acceptors (Lipinski definition) is 3. The summed E-state index contributed by atoms with van der Waals surface area (Å²) in [6, 6.07) is 13.0. The summed E-state index contributed by atoms with van der Waals surface area (Å²) >= 11 is 0. The Kier molecular flexibility index (Phi) is 4.12. The van der Waals surface area contributed by atoms with Crippen LogP contribution in [0.4, 0.5) is 0 Å². The van der Waals surface area contributed by atoms with E-state index in [9.17, 15) is 9.90 Å². The maximum Gasteiger partial charge on any atom is 0.251 e. The van der Waals surface area contributed by atoms with Gasteiger partial charge in [0.1, 0.15) is 5.82 Å². The second-order valence-corrected chi connectivity index (χ2v) is 5.53. The molecule has 0 aliphatic carbocycles. The van der Waals surface area contributed by atoms with Crippen molar-refractivity contribution in [1.82, 2.24) is 14.9 Å². The van der Waals surface area contributed by atoms with Crippen molar-refractivity contribution in [2.45, 2.75) is 20.1 Å². The smallest absolute Gasteiger partial charge is 0.251 e. The lowest BCUT2D eigenvalue weighted by molar-refractivity contribution is 0.0950. The van der Waals surface area contributed by atoms with Crippen molar-refractivity contribution in [3.63, 3.8) is 0 Å². The Hall–Kier alpha value is -2.66. The SMILES string of the molecule is Cc1nc2cc(C(=O)NCc3ccccc3CO)ccc2n1C. The van der Waals surface area contributed by atoms with E-state index in [4.69, 9.17) is 0 Å². The van der Waals surface area contributed by atoms with Crippen LogP contribution in [-0.4, -0.2) is 20.6 Å². The summed E-state index contributed by atoms with van der Waals surface area (Å²) in [6.45, 7) is 2.28. The van der Waals surface area contributed by atoms with E-state index >= 15 is 0 Å². The van der Waals surface area contributed by atoms with Gasteiger partial charge in [-0.05, 0) is 36.2 Å². The first-order valence-electron chi connectivity index (χ1n) is 7.49. The van der Waals surface area contributed by atoms with E-state index in [0.717, 1.165) is 28.0 Å². The predicted octanol–water partition coefficient (Wildman–Crippen LogP) is 2.30. The normalized spacial score (nSPS) is 10.9. The van der Waals surface area contributed by atoms with Gasteiger partial charge in [0.2, 0.25) is 0 Å². The molecule has 23 heavy (non-hydrogen) atoms. The summed E-state index contributed by atoms with van der Waals surface area (Å²) in [4.78, 5) is 16.8. The number of aliphatic hydroxyl groups excluding tert-OH is 1. The van der Waals surface area contributed by atoms with Gasteiger partial charge in [0.15, 0.2) is 0 Å². The molecule has 0 saturated heterocycles. The second-order valence-electron chi connectivity index (χ2n) is 5.53. The number of fused-ring (bicyclic) bond motifs is 1. The number of carbonyl (C=O) groups is 1. The van der Waals surface area contributed by atoms with E-state index in [-0.39, 0.29) is 12.5 Å². The molecule has 2 N–H and O–H groups in total. The molecule has 0 atom stereocenters. The highest BCUT2D eigenvalue weighted by atomic mass is 16.3. The maximum atomic E-state index is 12.3. The van der Waals surface area contributed by atoms with Gasteiger partial charge in [-0.1, -0.05) is 24.3 Å². The zero-order chi connectivity index (χ0) is 16.4. The number of aromatic nitrogens is 2. The Balaban J connectivity index is 1.78. The van der Waals surface area contributed by atoms with Gasteiger partial charge in [0.05, 0.1) is 17.6 Å². The van der Waals surface area contributed by atoms with E-state index in [2.05, 4.69) is 10.3 Å². The summed E-state index contributed by atoms with van der Waals surface area (Å²) in [5.74, 6) is 0.761. The fourth-order valence-electron chi connectivity index (χ4n) is 2.62. The molecule has 0 spiro atoms. The number of nitrogens with zero attached hydrogens (tertiary/aromatic N) is 2. The van der Waals surface area contributed by atoms with Gasteiger partial charge in [-0.3, -0.25) is 4.79 Å². The van der Waals surface area contributed by atoms with E-state index in [1.165, 1.54) is 0 Å². The van der Waals surface area contributed by atoms with Crippen LogP contribution >= 0.6 is 0 Å². The topological polar surface area (TPSA) is 67.2 Å². The van der Waals surface area contributed by atoms with Crippen LogP contribution in [0.15, 0.2) is 42.5 Å². The van der Waals surface area contributed by atoms with Crippen LogP contribution in [-0.2, 0) is 20.2 Å². The molecule has 0 fully saturated rings. The molecule has 1 aromatic heterocycles. The number of rotatable bonds is 4. The summed E-state index contributed by atoms with van der Waals surface area (Å²) in [5, 5.41) is 12.2. The zero-order valence-corrected chi connectivity index (χ0v) is 13.2. The Morgan fingerprint density at radius 1 is 1.22 bits per heavy atom. The van der Waals surface area contributed by atoms with E-state index in [1.807, 2.05) is 48.9 Å². The fraction of sp³-hybridized carbons (Fsp3) is 0.222. The third-order valence-electron chi connectivity index (χ3n) is 4.09. The summed E-state index contributed by atoms with van der Waals surface area (Å²) in [7, 11) is 1.95. The molecule has 0 bridgehead atoms. The molecular formula is C18H19N3O2. The highest BCUT2D eigenvalue weighted by molar-refractivity contribution is 5.97. The number of amides is 1. The Labute approximate surface area is 134 Å². The number of carbonyl (C=O) groups excluding carboxylic acids is 1. The second kappa shape index (κ2) is 6.22. The molecule has 0 aliphatic rings. The molecule has 0 saturated carbocycles. The average molecular weight is 309 g/mol. The van der Waals surface area contributed by atoms with Crippen LogP contribution in [0.25, 0.3) is 11.0 Å². The van der Waals surface area contributed by atoms with Crippen LogP contribution in [0.1, 0.15) is 27.3 Å². The lowest BCUT2D eigenvalue weighted by atomic mass is 10.1. The summed E-state index contributed by atoms with van der Waals surface area (Å²) in [5.41, 5.74) is 4.14. The summed E-state index contributed by atoms with van der Waals surface area (Å²) in [6.07, 6.45) is 0. The molecule has 118 valence electrons. The van der Waals surface area contributed by atoms with Crippen LogP contribution in [0.2, 0.25) is 0 Å². The largest absolute Gasteiger partial charge is 0.392 e. The van der Waals surface area contributed by atoms with Crippen LogP contribution in [0.3, 0.4) is 0 Å². The third kappa shape index (κ3) is 2.96. The minimum Gasteiger partial charge on any atom is -0.392 e. The molecule has 3 aromatic rings. The summed E-state index contributed by atoms with van der Waals surface area (Å²) < 4.78 is 1.99. The van der Waals surface area contributed by atoms with E-state index < -0.39 is 0 Å². The van der Waals surface area contributed by atoms with Gasteiger partial charge in [0.25, 0.3) is 5.91 Å². The first-order chi connectivity index (χ1) is 11.1. The fourth-order valence-corrected chi connectivity index (χ4v) is 2.62. The molecule has 3 rings (SSSR count). The van der Waals surface area contributed by atoms with Crippen molar-refractivity contribution >= 4 is 16.9 Å². The van der Waals surface area contributed by atoms with Crippen molar-refractivity contribution < 1.29 is 9.90 Å². The Morgan fingerprint density at radius 3 is 2.70 bits per heavy atom. The minimum absolute atomic E-state index is 0.0365. The average Bonchev–Trinajstić information content (AvgIpc) is 2.86. The molecule has 1 heterocycles. The van der Waals surface area contributed by atoms with Gasteiger partial charge < -0.3 is 15.0 Å². The molecular weight excluding hydrogens is 290 g/mol. The monoisotopic (exact) mass is 309 g/mol. The molecule has 0 radical (unpaired) electrons. The third-order valence-corrected chi connectivity index (χ3v) is 4.09. The molecule has 2 aromatic carbocycles. The quantitative estimate of drug-likeness (QED) is 0.777. The highest BCUT2D eigenvalue weighted by Crippen LogP contribution is 2.16. The van der Waals surface area contributed by atoms with Crippen molar-refractivity contribution in [3.05, 3.63) is 65.0 Å². The highest BCUT2D eigenvalue weighted by Gasteiger charge is 2.10. The maximum absolute atomic E-state index is 12.3. The number of benzene rings is 2. The number of aryl methyl sites for hydroxylation is 2. The van der Waals surface area contributed by atoms with Crippen LogP contribution in [0.5, 0.6) is 0 Å². The zero-order valence-electron chi connectivity index (χ0n) is 13.2. The molecule has 0 aliphatic heterocycles. The van der Waals surface area contributed by atoms with Crippen molar-refractivity contribution in [1.29, 1.82) is 0 Å². The minimum atomic E-state index is -0.150. The van der Waals surface area contributed by atoms with E-state index in [0.29, 0.717) is 12.1 Å². The van der Waals surface area contributed by atoms with Gasteiger partial charge >= 0.3 is 0 Å². The van der Waals surface area contributed by atoms with Gasteiger partial charge in [-0.2, -0.15) is 0 Å². The van der Waals surface area contributed by atoms with Crippen LogP contribution < -0.4 is 5.32 Å². The Morgan fingerprint density at radius 2 is 1.96 bits per heavy atom. The predicted molar refractivity (Wildman–Crippen MR) is 89.0 cm³/mol. The van der Waals surface area contributed by atoms with Gasteiger partial charge in [-0.15, -0.1) is 0 Å². The number of hydrogen-bond donors (Lipinski definition) is 2. The molecule has 0 unspecified atom stereocenters. The number of nitrogens with one attached hydrogen (secondary N) is 1.